The van der Waals surface area contributed by atoms with Crippen molar-refractivity contribution in [2.45, 2.75) is 32.9 Å². The molecule has 0 saturated heterocycles. The van der Waals surface area contributed by atoms with Gasteiger partial charge >= 0.3 is 0 Å². The van der Waals surface area contributed by atoms with E-state index in [4.69, 9.17) is 4.74 Å². The van der Waals surface area contributed by atoms with Crippen LogP contribution in [0.4, 0.5) is 4.39 Å². The smallest absolute Gasteiger partial charge is 0.146 e. The molecule has 5 heteroatoms. The Morgan fingerprint density at radius 2 is 2.05 bits per heavy atom. The van der Waals surface area contributed by atoms with Crippen LogP contribution in [0.15, 0.2) is 36.9 Å². The highest BCUT2D eigenvalue weighted by Crippen LogP contribution is 2.26. The van der Waals surface area contributed by atoms with E-state index in [1.165, 1.54) is 6.20 Å². The highest BCUT2D eigenvalue weighted by Gasteiger charge is 2.18. The summed E-state index contributed by atoms with van der Waals surface area (Å²) in [7, 11) is 0. The Labute approximate surface area is 124 Å². The van der Waals surface area contributed by atoms with Gasteiger partial charge in [0.2, 0.25) is 0 Å². The Hall–Kier alpha value is -2.01. The number of hydrogen-bond donors (Lipinski definition) is 1. The second-order valence-corrected chi connectivity index (χ2v) is 5.01. The standard InChI is InChI=1S/C16H20FN3O/c1-4-20-16(14-5-6-18-10-15(14)17)12-7-13(9-19-8-12)21-11(2)3/h5-11,16,20H,4H2,1-3H3. The largest absolute Gasteiger partial charge is 0.489 e. The van der Waals surface area contributed by atoms with Crippen LogP contribution in [0.1, 0.15) is 37.9 Å². The van der Waals surface area contributed by atoms with Gasteiger partial charge in [0.1, 0.15) is 11.6 Å². The molecular formula is C16H20FN3O. The molecule has 0 aliphatic rings. The minimum Gasteiger partial charge on any atom is -0.489 e. The Morgan fingerprint density at radius 1 is 1.24 bits per heavy atom. The van der Waals surface area contributed by atoms with E-state index in [1.807, 2.05) is 26.8 Å². The minimum atomic E-state index is -0.335. The monoisotopic (exact) mass is 289 g/mol. The molecule has 1 unspecified atom stereocenters. The molecule has 4 nitrogen and oxygen atoms in total. The third kappa shape index (κ3) is 3.98. The van der Waals surface area contributed by atoms with Crippen molar-refractivity contribution < 1.29 is 9.13 Å². The van der Waals surface area contributed by atoms with Crippen LogP contribution in [0.25, 0.3) is 0 Å². The summed E-state index contributed by atoms with van der Waals surface area (Å²) in [5.74, 6) is 0.346. The van der Waals surface area contributed by atoms with Gasteiger partial charge < -0.3 is 10.1 Å². The van der Waals surface area contributed by atoms with Crippen molar-refractivity contribution >= 4 is 0 Å². The van der Waals surface area contributed by atoms with Crippen LogP contribution in [0, 0.1) is 5.82 Å². The van der Waals surface area contributed by atoms with Gasteiger partial charge in [0, 0.05) is 18.0 Å². The SMILES string of the molecule is CCNC(c1cncc(OC(C)C)c1)c1ccncc1F. The van der Waals surface area contributed by atoms with Gasteiger partial charge in [-0.3, -0.25) is 9.97 Å². The predicted molar refractivity (Wildman–Crippen MR) is 79.7 cm³/mol. The number of nitrogens with one attached hydrogen (secondary N) is 1. The average Bonchev–Trinajstić information content (AvgIpc) is 2.45. The van der Waals surface area contributed by atoms with Crippen LogP contribution < -0.4 is 10.1 Å². The highest BCUT2D eigenvalue weighted by atomic mass is 19.1. The molecule has 0 aromatic carbocycles. The number of pyridine rings is 2. The minimum absolute atomic E-state index is 0.0669. The first kappa shape index (κ1) is 15.4. The molecule has 112 valence electrons. The quantitative estimate of drug-likeness (QED) is 0.887. The van der Waals surface area contributed by atoms with Crippen LogP contribution in [-0.2, 0) is 0 Å². The zero-order valence-corrected chi connectivity index (χ0v) is 12.5. The van der Waals surface area contributed by atoms with E-state index in [0.717, 1.165) is 5.56 Å². The number of nitrogens with zero attached hydrogens (tertiary/aromatic N) is 2. The Bertz CT molecular complexity index is 589. The fraction of sp³-hybridized carbons (Fsp3) is 0.375. The number of halogens is 1. The van der Waals surface area contributed by atoms with E-state index in [2.05, 4.69) is 15.3 Å². The van der Waals surface area contributed by atoms with Gasteiger partial charge in [0.05, 0.1) is 24.5 Å². The normalized spacial score (nSPS) is 12.4. The number of aromatic nitrogens is 2. The van der Waals surface area contributed by atoms with Crippen LogP contribution in [0.5, 0.6) is 5.75 Å². The summed E-state index contributed by atoms with van der Waals surface area (Å²) < 4.78 is 19.7. The van der Waals surface area contributed by atoms with Crippen molar-refractivity contribution in [3.05, 3.63) is 53.9 Å². The van der Waals surface area contributed by atoms with Gasteiger partial charge in [-0.1, -0.05) is 6.92 Å². The highest BCUT2D eigenvalue weighted by molar-refractivity contribution is 5.34. The number of hydrogen-bond acceptors (Lipinski definition) is 4. The number of ether oxygens (including phenoxy) is 1. The molecule has 0 aliphatic carbocycles. The lowest BCUT2D eigenvalue weighted by Crippen LogP contribution is -2.23. The molecule has 0 spiro atoms. The molecule has 0 saturated carbocycles. The predicted octanol–water partition coefficient (Wildman–Crippen LogP) is 3.10. The maximum Gasteiger partial charge on any atom is 0.146 e. The first-order chi connectivity index (χ1) is 10.1. The van der Waals surface area contributed by atoms with Gasteiger partial charge in [-0.15, -0.1) is 0 Å². The summed E-state index contributed by atoms with van der Waals surface area (Å²) in [6.45, 7) is 6.60. The first-order valence-electron chi connectivity index (χ1n) is 7.06. The summed E-state index contributed by atoms with van der Waals surface area (Å²) in [5, 5.41) is 3.27. The summed E-state index contributed by atoms with van der Waals surface area (Å²) in [6, 6.07) is 3.29. The van der Waals surface area contributed by atoms with Gasteiger partial charge in [-0.05, 0) is 38.1 Å². The second kappa shape index (κ2) is 7.13. The molecule has 21 heavy (non-hydrogen) atoms. The van der Waals surface area contributed by atoms with Crippen LogP contribution in [0.3, 0.4) is 0 Å². The van der Waals surface area contributed by atoms with E-state index in [0.29, 0.717) is 17.9 Å². The molecule has 0 fully saturated rings. The Kier molecular flexibility index (Phi) is 5.22. The van der Waals surface area contributed by atoms with E-state index in [-0.39, 0.29) is 18.0 Å². The average molecular weight is 289 g/mol. The van der Waals surface area contributed by atoms with Crippen LogP contribution >= 0.6 is 0 Å². The summed E-state index contributed by atoms with van der Waals surface area (Å²) in [6.07, 6.45) is 6.26. The van der Waals surface area contributed by atoms with E-state index in [1.54, 1.807) is 24.7 Å². The molecule has 0 radical (unpaired) electrons. The lowest BCUT2D eigenvalue weighted by Gasteiger charge is -2.20. The van der Waals surface area contributed by atoms with E-state index < -0.39 is 0 Å². The summed E-state index contributed by atoms with van der Waals surface area (Å²) in [4.78, 5) is 7.99. The molecular weight excluding hydrogens is 269 g/mol. The molecule has 0 bridgehead atoms. The Balaban J connectivity index is 2.36. The molecule has 2 aromatic rings. The van der Waals surface area contributed by atoms with Crippen molar-refractivity contribution in [1.29, 1.82) is 0 Å². The zero-order chi connectivity index (χ0) is 15.2. The summed E-state index contributed by atoms with van der Waals surface area (Å²) in [5.41, 5.74) is 1.41. The lowest BCUT2D eigenvalue weighted by molar-refractivity contribution is 0.241. The third-order valence-electron chi connectivity index (χ3n) is 2.96. The van der Waals surface area contributed by atoms with Crippen molar-refractivity contribution in [2.75, 3.05) is 6.54 Å². The first-order valence-corrected chi connectivity index (χ1v) is 7.06. The van der Waals surface area contributed by atoms with Crippen molar-refractivity contribution in [2.24, 2.45) is 0 Å². The maximum absolute atomic E-state index is 14.0. The zero-order valence-electron chi connectivity index (χ0n) is 12.5. The molecule has 1 atom stereocenters. The molecule has 2 heterocycles. The van der Waals surface area contributed by atoms with E-state index in [9.17, 15) is 4.39 Å². The molecule has 1 N–H and O–H groups in total. The molecule has 2 aromatic heterocycles. The Morgan fingerprint density at radius 3 is 2.71 bits per heavy atom. The molecule has 0 aliphatic heterocycles. The van der Waals surface area contributed by atoms with Crippen molar-refractivity contribution in [1.82, 2.24) is 15.3 Å². The van der Waals surface area contributed by atoms with Crippen LogP contribution in [-0.4, -0.2) is 22.6 Å². The lowest BCUT2D eigenvalue weighted by atomic mass is 10.0. The van der Waals surface area contributed by atoms with Gasteiger partial charge in [0.25, 0.3) is 0 Å². The fourth-order valence-electron chi connectivity index (χ4n) is 2.16. The van der Waals surface area contributed by atoms with Crippen molar-refractivity contribution in [3.63, 3.8) is 0 Å². The van der Waals surface area contributed by atoms with Gasteiger partial charge in [-0.2, -0.15) is 0 Å². The fourth-order valence-corrected chi connectivity index (χ4v) is 2.16. The van der Waals surface area contributed by atoms with Crippen LogP contribution in [0.2, 0.25) is 0 Å². The van der Waals surface area contributed by atoms with Gasteiger partial charge in [-0.25, -0.2) is 4.39 Å². The molecule has 2 rings (SSSR count). The topological polar surface area (TPSA) is 47.0 Å². The second-order valence-electron chi connectivity index (χ2n) is 5.01. The maximum atomic E-state index is 14.0. The number of rotatable bonds is 6. The summed E-state index contributed by atoms with van der Waals surface area (Å²) >= 11 is 0. The third-order valence-corrected chi connectivity index (χ3v) is 2.96. The van der Waals surface area contributed by atoms with E-state index >= 15 is 0 Å². The van der Waals surface area contributed by atoms with Gasteiger partial charge in [0.15, 0.2) is 0 Å². The molecule has 0 amide bonds. The van der Waals surface area contributed by atoms with Crippen molar-refractivity contribution in [3.8, 4) is 5.75 Å².